The molecule has 0 spiro atoms. The molecule has 0 N–H and O–H groups in total. The predicted molar refractivity (Wildman–Crippen MR) is 138 cm³/mol. The summed E-state index contributed by atoms with van der Waals surface area (Å²) in [4.78, 5) is 27.0. The molecular weight excluding hydrogens is 667 g/mol. The fourth-order valence-electron chi connectivity index (χ4n) is 4.39. The molecule has 0 aliphatic heterocycles. The summed E-state index contributed by atoms with van der Waals surface area (Å²) in [7, 11) is 0.735. The number of imide groups is 1. The van der Waals surface area contributed by atoms with Gasteiger partial charge in [-0.2, -0.15) is 50.6 Å². The third-order valence-corrected chi connectivity index (χ3v) is 7.03. The Morgan fingerprint density at radius 1 is 1.09 bits per heavy atom. The first-order valence-electron chi connectivity index (χ1n) is 12.8. The number of benzene rings is 1. The summed E-state index contributed by atoms with van der Waals surface area (Å²) in [5, 5.41) is 16.2. The van der Waals surface area contributed by atoms with Crippen molar-refractivity contribution in [3.05, 3.63) is 46.9 Å². The summed E-state index contributed by atoms with van der Waals surface area (Å²) in [6.07, 6.45) is -13.0. The van der Waals surface area contributed by atoms with Crippen molar-refractivity contribution in [3.8, 4) is 28.8 Å². The average molecular weight is 687 g/mol. The lowest BCUT2D eigenvalue weighted by molar-refractivity contribution is -0.350. The quantitative estimate of drug-likeness (QED) is 0.238. The normalized spacial score (nSPS) is 14.7. The zero-order chi connectivity index (χ0) is 34.6. The Balaban J connectivity index is 1.81. The Labute approximate surface area is 257 Å². The molecule has 1 saturated carbocycles. The van der Waals surface area contributed by atoms with Crippen molar-refractivity contribution in [3.63, 3.8) is 0 Å². The van der Waals surface area contributed by atoms with Gasteiger partial charge >= 0.3 is 30.7 Å². The molecule has 3 aromatic rings. The lowest BCUT2D eigenvalue weighted by Crippen LogP contribution is -2.51. The number of hydrogen-bond donors (Lipinski definition) is 0. The number of rotatable bonds is 8. The standard InChI is InChI=1S/C26H20ClF9N6O4/c1-12(2)45-22(44)42(23(11-37)6-7-23)20(43)15-8-13(4-5-16(15)27)14-9-38-41(10-14)19-17(46-21(28)29)18(39-40(19)3)24(30,25(31,32)33)26(34,35)36/h4-5,8-10,12,21H,6-7H2,1-3H3. The van der Waals surface area contributed by atoms with Crippen LogP contribution in [0.5, 0.6) is 5.75 Å². The van der Waals surface area contributed by atoms with Gasteiger partial charge in [0.05, 0.1) is 29.0 Å². The van der Waals surface area contributed by atoms with Crippen LogP contribution < -0.4 is 4.74 Å². The summed E-state index contributed by atoms with van der Waals surface area (Å²) in [5.74, 6) is -3.97. The monoisotopic (exact) mass is 686 g/mol. The van der Waals surface area contributed by atoms with Crippen LogP contribution in [-0.4, -0.2) is 67.1 Å². The maximum absolute atomic E-state index is 14.9. The minimum atomic E-state index is -6.70. The molecule has 20 heteroatoms. The third-order valence-electron chi connectivity index (χ3n) is 6.70. The number of carbonyl (C=O) groups is 2. The molecule has 4 rings (SSSR count). The van der Waals surface area contributed by atoms with E-state index < -0.39 is 65.5 Å². The molecule has 0 atom stereocenters. The summed E-state index contributed by atoms with van der Waals surface area (Å²) in [6.45, 7) is -0.984. The molecule has 10 nitrogen and oxygen atoms in total. The van der Waals surface area contributed by atoms with Crippen molar-refractivity contribution in [1.82, 2.24) is 24.5 Å². The Morgan fingerprint density at radius 2 is 1.70 bits per heavy atom. The van der Waals surface area contributed by atoms with Crippen LogP contribution in [0.4, 0.5) is 44.3 Å². The second-order valence-electron chi connectivity index (χ2n) is 10.2. The van der Waals surface area contributed by atoms with Crippen molar-refractivity contribution in [2.45, 2.75) is 63.0 Å². The number of hydrogen-bond acceptors (Lipinski definition) is 7. The van der Waals surface area contributed by atoms with E-state index in [1.807, 2.05) is 6.07 Å². The highest BCUT2D eigenvalue weighted by atomic mass is 35.5. The van der Waals surface area contributed by atoms with E-state index in [0.717, 1.165) is 25.5 Å². The van der Waals surface area contributed by atoms with Crippen molar-refractivity contribution in [2.24, 2.45) is 7.05 Å². The molecule has 0 bridgehead atoms. The number of ether oxygens (including phenoxy) is 2. The van der Waals surface area contributed by atoms with Crippen molar-refractivity contribution in [1.29, 1.82) is 5.26 Å². The van der Waals surface area contributed by atoms with Gasteiger partial charge in [-0.25, -0.2) is 23.4 Å². The van der Waals surface area contributed by atoms with Crippen LogP contribution in [0.15, 0.2) is 30.6 Å². The van der Waals surface area contributed by atoms with Crippen molar-refractivity contribution in [2.75, 3.05) is 0 Å². The third kappa shape index (κ3) is 5.92. The Kier molecular flexibility index (Phi) is 8.76. The van der Waals surface area contributed by atoms with Gasteiger partial charge in [0.15, 0.2) is 17.3 Å². The van der Waals surface area contributed by atoms with Gasteiger partial charge in [0.2, 0.25) is 0 Å². The van der Waals surface area contributed by atoms with Gasteiger partial charge in [0.25, 0.3) is 5.91 Å². The lowest BCUT2D eigenvalue weighted by atomic mass is 9.99. The molecule has 1 aliphatic carbocycles. The van der Waals surface area contributed by atoms with Crippen LogP contribution in [0.2, 0.25) is 5.02 Å². The molecule has 0 unspecified atom stereocenters. The van der Waals surface area contributed by atoms with Gasteiger partial charge < -0.3 is 9.47 Å². The molecule has 1 aromatic carbocycles. The summed E-state index contributed by atoms with van der Waals surface area (Å²) >= 11 is 6.24. The van der Waals surface area contributed by atoms with E-state index in [9.17, 15) is 54.4 Å². The van der Waals surface area contributed by atoms with E-state index in [1.54, 1.807) is 0 Å². The maximum Gasteiger partial charge on any atom is 0.437 e. The van der Waals surface area contributed by atoms with Crippen LogP contribution in [0, 0.1) is 11.3 Å². The molecule has 1 aliphatic rings. The van der Waals surface area contributed by atoms with Crippen LogP contribution in [0.25, 0.3) is 16.9 Å². The van der Waals surface area contributed by atoms with E-state index in [2.05, 4.69) is 14.9 Å². The number of nitrogens with zero attached hydrogens (tertiary/aromatic N) is 6. The van der Waals surface area contributed by atoms with Crippen LogP contribution in [0.1, 0.15) is 42.7 Å². The van der Waals surface area contributed by atoms with E-state index in [0.29, 0.717) is 9.58 Å². The molecule has 2 heterocycles. The van der Waals surface area contributed by atoms with Gasteiger partial charge in [-0.15, -0.1) is 0 Å². The SMILES string of the molecule is CC(C)OC(=O)N(C(=O)c1cc(-c2cnn(-c3c(OC(F)F)c(C(F)(C(F)(F)F)C(F)(F)F)nn3C)c2)ccc1Cl)C1(C#N)CC1. The molecule has 46 heavy (non-hydrogen) atoms. The number of alkyl halides is 9. The minimum Gasteiger partial charge on any atom is -0.446 e. The molecular formula is C26H20ClF9N6O4. The Hall–Kier alpha value is -4.47. The molecule has 248 valence electrons. The van der Waals surface area contributed by atoms with Gasteiger partial charge in [-0.1, -0.05) is 17.7 Å². The van der Waals surface area contributed by atoms with Crippen molar-refractivity contribution >= 4 is 23.6 Å². The number of halogens is 10. The minimum absolute atomic E-state index is 0.0210. The second kappa shape index (κ2) is 11.7. The average Bonchev–Trinajstić information content (AvgIpc) is 3.43. The lowest BCUT2D eigenvalue weighted by Gasteiger charge is -2.28. The highest BCUT2D eigenvalue weighted by Gasteiger charge is 2.76. The number of aryl methyl sites for hydroxylation is 1. The highest BCUT2D eigenvalue weighted by Crippen LogP contribution is 2.56. The first-order valence-corrected chi connectivity index (χ1v) is 13.2. The van der Waals surface area contributed by atoms with E-state index >= 15 is 0 Å². The van der Waals surface area contributed by atoms with Crippen LogP contribution >= 0.6 is 11.6 Å². The zero-order valence-corrected chi connectivity index (χ0v) is 24.3. The molecule has 0 radical (unpaired) electrons. The molecule has 1 fully saturated rings. The largest absolute Gasteiger partial charge is 0.446 e. The zero-order valence-electron chi connectivity index (χ0n) is 23.6. The number of nitriles is 1. The summed E-state index contributed by atoms with van der Waals surface area (Å²) in [5.41, 5.74) is -10.5. The molecule has 0 saturated heterocycles. The van der Waals surface area contributed by atoms with Gasteiger partial charge in [0, 0.05) is 18.8 Å². The van der Waals surface area contributed by atoms with Crippen molar-refractivity contribution < 1.29 is 58.6 Å². The smallest absolute Gasteiger partial charge is 0.437 e. The van der Waals surface area contributed by atoms with Gasteiger partial charge in [-0.3, -0.25) is 4.79 Å². The molecule has 2 aromatic heterocycles. The maximum atomic E-state index is 14.9. The van der Waals surface area contributed by atoms with Crippen LogP contribution in [-0.2, 0) is 17.5 Å². The summed E-state index contributed by atoms with van der Waals surface area (Å²) in [6, 6.07) is 5.56. The van der Waals surface area contributed by atoms with E-state index in [-0.39, 0.29) is 39.2 Å². The highest BCUT2D eigenvalue weighted by molar-refractivity contribution is 6.34. The first-order chi connectivity index (χ1) is 21.2. The fraction of sp³-hybridized carbons (Fsp3) is 0.423. The predicted octanol–water partition coefficient (Wildman–Crippen LogP) is 6.86. The van der Waals surface area contributed by atoms with E-state index in [4.69, 9.17) is 16.3 Å². The van der Waals surface area contributed by atoms with Gasteiger partial charge in [-0.05, 0) is 44.4 Å². The second-order valence-corrected chi connectivity index (χ2v) is 10.6. The van der Waals surface area contributed by atoms with Crippen LogP contribution in [0.3, 0.4) is 0 Å². The molecule has 2 amide bonds. The Bertz CT molecular complexity index is 1690. The number of aromatic nitrogens is 4. The Morgan fingerprint density at radius 3 is 2.20 bits per heavy atom. The van der Waals surface area contributed by atoms with Gasteiger partial charge in [0.1, 0.15) is 5.54 Å². The fourth-order valence-corrected chi connectivity index (χ4v) is 4.59. The summed E-state index contributed by atoms with van der Waals surface area (Å²) < 4.78 is 132. The number of amides is 2. The topological polar surface area (TPSA) is 115 Å². The number of carbonyl (C=O) groups excluding carboxylic acids is 2. The van der Waals surface area contributed by atoms with E-state index in [1.165, 1.54) is 26.0 Å². The first kappa shape index (κ1) is 34.4.